The molecule has 288 valence electrons. The van der Waals surface area contributed by atoms with Crippen molar-refractivity contribution >= 4 is 50.1 Å². The molecule has 0 aliphatic heterocycles. The van der Waals surface area contributed by atoms with E-state index in [0.29, 0.717) is 0 Å². The molecule has 2 heteroatoms. The van der Waals surface area contributed by atoms with Crippen molar-refractivity contribution in [2.45, 2.75) is 57.8 Å². The average Bonchev–Trinajstić information content (AvgIpc) is 3.68. The van der Waals surface area contributed by atoms with E-state index in [1.807, 2.05) is 0 Å². The van der Waals surface area contributed by atoms with E-state index in [9.17, 15) is 0 Å². The van der Waals surface area contributed by atoms with Crippen LogP contribution in [0.1, 0.15) is 68.9 Å². The van der Waals surface area contributed by atoms with Gasteiger partial charge in [0.15, 0.2) is 0 Å². The molecule has 1 aromatic heterocycles. The first-order chi connectivity index (χ1) is 29.2. The fourth-order valence-electron chi connectivity index (χ4n) is 9.52. The number of rotatable bonds is 7. The van der Waals surface area contributed by atoms with Crippen LogP contribution in [-0.2, 0) is 0 Å². The standard InChI is InChI=1S/C57H49NO/c1-40-15-5-2-10-20-50(46-31-38-53-52-22-13-14-24-55(52)59-56(53)39-46)51-21-11-12-23-54(51)57(40)45-29-36-49(37-30-45)58(47-32-25-43(26-33-47)41-16-6-3-7-17-41)48-34-27-44(28-35-48)42-18-8-4-9-19-42/h3-4,6-9,13-14,16-19,22,24-39H,1-2,5,10-12,15,20-21,23H2/b51-50+,57-54?. The van der Waals surface area contributed by atoms with Crippen LogP contribution in [0.4, 0.5) is 17.1 Å². The Labute approximate surface area is 348 Å². The smallest absolute Gasteiger partial charge is 0.136 e. The first kappa shape index (κ1) is 36.7. The lowest BCUT2D eigenvalue weighted by molar-refractivity contribution is 0.660. The van der Waals surface area contributed by atoms with Crippen LogP contribution in [0, 0.1) is 0 Å². The molecule has 0 atom stereocenters. The first-order valence-electron chi connectivity index (χ1n) is 21.4. The summed E-state index contributed by atoms with van der Waals surface area (Å²) in [7, 11) is 0. The summed E-state index contributed by atoms with van der Waals surface area (Å²) in [4.78, 5) is 2.38. The monoisotopic (exact) mass is 763 g/mol. The molecule has 8 aromatic rings. The summed E-state index contributed by atoms with van der Waals surface area (Å²) >= 11 is 0. The molecule has 0 amide bonds. The van der Waals surface area contributed by atoms with Gasteiger partial charge >= 0.3 is 0 Å². The summed E-state index contributed by atoms with van der Waals surface area (Å²) in [5.41, 5.74) is 19.9. The van der Waals surface area contributed by atoms with Crippen LogP contribution in [-0.4, -0.2) is 0 Å². The summed E-state index contributed by atoms with van der Waals surface area (Å²) in [6.45, 7) is 4.81. The van der Waals surface area contributed by atoms with Crippen molar-refractivity contribution in [3.05, 3.63) is 210 Å². The Morgan fingerprint density at radius 1 is 0.356 bits per heavy atom. The average molecular weight is 764 g/mol. The lowest BCUT2D eigenvalue weighted by Gasteiger charge is -2.29. The molecule has 0 spiro atoms. The van der Waals surface area contributed by atoms with Crippen molar-refractivity contribution < 1.29 is 4.42 Å². The fourth-order valence-corrected chi connectivity index (χ4v) is 9.52. The van der Waals surface area contributed by atoms with Crippen LogP contribution in [0.15, 0.2) is 204 Å². The molecule has 0 unspecified atom stereocenters. The molecule has 0 saturated heterocycles. The van der Waals surface area contributed by atoms with Gasteiger partial charge in [-0.1, -0.05) is 134 Å². The van der Waals surface area contributed by atoms with Crippen molar-refractivity contribution in [3.8, 4) is 22.3 Å². The second-order valence-corrected chi connectivity index (χ2v) is 16.2. The highest BCUT2D eigenvalue weighted by Gasteiger charge is 2.25. The lowest BCUT2D eigenvalue weighted by atomic mass is 9.76. The van der Waals surface area contributed by atoms with Crippen molar-refractivity contribution in [2.24, 2.45) is 0 Å². The van der Waals surface area contributed by atoms with Crippen LogP contribution in [0.5, 0.6) is 0 Å². The van der Waals surface area contributed by atoms with Gasteiger partial charge in [-0.15, -0.1) is 0 Å². The van der Waals surface area contributed by atoms with E-state index < -0.39 is 0 Å². The normalized spacial score (nSPS) is 16.3. The molecule has 2 nitrogen and oxygen atoms in total. The SMILES string of the molecule is C=C1CCCCC/C(c2ccc3c(c2)oc2ccccc23)=C2/CCCCC2=C1c1ccc(N(c2ccc(-c3ccccc3)cc2)c2ccc(-c3ccccc3)cc2)cc1. The van der Waals surface area contributed by atoms with E-state index >= 15 is 0 Å². The maximum Gasteiger partial charge on any atom is 0.136 e. The summed E-state index contributed by atoms with van der Waals surface area (Å²) in [6, 6.07) is 63.8. The van der Waals surface area contributed by atoms with E-state index in [-0.39, 0.29) is 0 Å². The van der Waals surface area contributed by atoms with Crippen molar-refractivity contribution in [1.29, 1.82) is 0 Å². The summed E-state index contributed by atoms with van der Waals surface area (Å²) in [5, 5.41) is 2.38. The van der Waals surface area contributed by atoms with Gasteiger partial charge in [0.05, 0.1) is 0 Å². The van der Waals surface area contributed by atoms with Crippen LogP contribution >= 0.6 is 0 Å². The maximum atomic E-state index is 6.42. The number of fused-ring (bicyclic) bond motifs is 4. The molecule has 1 heterocycles. The Bertz CT molecular complexity index is 2740. The molecule has 0 bridgehead atoms. The van der Waals surface area contributed by atoms with Crippen LogP contribution in [0.2, 0.25) is 0 Å². The number of allylic oxidation sites excluding steroid dienone is 5. The quantitative estimate of drug-likeness (QED) is 0.161. The molecule has 2 aliphatic carbocycles. The Morgan fingerprint density at radius 3 is 1.44 bits per heavy atom. The Kier molecular flexibility index (Phi) is 10.1. The highest BCUT2D eigenvalue weighted by molar-refractivity contribution is 6.05. The third-order valence-electron chi connectivity index (χ3n) is 12.5. The highest BCUT2D eigenvalue weighted by atomic mass is 16.3. The lowest BCUT2D eigenvalue weighted by Crippen LogP contribution is -2.10. The van der Waals surface area contributed by atoms with Crippen LogP contribution < -0.4 is 4.90 Å². The summed E-state index contributed by atoms with van der Waals surface area (Å²) in [5.74, 6) is 0. The molecule has 2 aliphatic rings. The molecular formula is C57H49NO. The zero-order valence-corrected chi connectivity index (χ0v) is 33.7. The molecular weight excluding hydrogens is 715 g/mol. The van der Waals surface area contributed by atoms with Crippen molar-refractivity contribution in [2.75, 3.05) is 4.90 Å². The van der Waals surface area contributed by atoms with Gasteiger partial charge < -0.3 is 9.32 Å². The minimum Gasteiger partial charge on any atom is -0.456 e. The Balaban J connectivity index is 1.06. The van der Waals surface area contributed by atoms with Crippen molar-refractivity contribution in [1.82, 2.24) is 0 Å². The van der Waals surface area contributed by atoms with E-state index in [4.69, 9.17) is 11.0 Å². The van der Waals surface area contributed by atoms with Gasteiger partial charge in [-0.05, 0) is 167 Å². The number of benzene rings is 7. The number of hydrogen-bond acceptors (Lipinski definition) is 2. The molecule has 10 rings (SSSR count). The molecule has 0 N–H and O–H groups in total. The second kappa shape index (κ2) is 16.3. The van der Waals surface area contributed by atoms with Gasteiger partial charge in [0.2, 0.25) is 0 Å². The number of hydrogen-bond donors (Lipinski definition) is 0. The predicted octanol–water partition coefficient (Wildman–Crippen LogP) is 16.7. The minimum atomic E-state index is 0.954. The zero-order valence-electron chi connectivity index (χ0n) is 33.7. The van der Waals surface area contributed by atoms with Crippen LogP contribution in [0.3, 0.4) is 0 Å². The van der Waals surface area contributed by atoms with E-state index in [1.165, 1.54) is 97.7 Å². The molecule has 1 fully saturated rings. The highest BCUT2D eigenvalue weighted by Crippen LogP contribution is 2.46. The number of anilines is 3. The minimum absolute atomic E-state index is 0.954. The second-order valence-electron chi connectivity index (χ2n) is 16.2. The third kappa shape index (κ3) is 7.36. The fraction of sp³-hybridized carbons (Fsp3) is 0.158. The largest absolute Gasteiger partial charge is 0.456 e. The van der Waals surface area contributed by atoms with Gasteiger partial charge in [-0.25, -0.2) is 0 Å². The molecule has 59 heavy (non-hydrogen) atoms. The van der Waals surface area contributed by atoms with E-state index in [1.54, 1.807) is 0 Å². The van der Waals surface area contributed by atoms with Gasteiger partial charge in [-0.2, -0.15) is 0 Å². The molecule has 1 saturated carbocycles. The van der Waals surface area contributed by atoms with Gasteiger partial charge in [0.25, 0.3) is 0 Å². The topological polar surface area (TPSA) is 16.4 Å². The van der Waals surface area contributed by atoms with Gasteiger partial charge in [-0.3, -0.25) is 0 Å². The van der Waals surface area contributed by atoms with E-state index in [0.717, 1.165) is 60.3 Å². The number of para-hydroxylation sites is 1. The number of nitrogens with zero attached hydrogens (tertiary/aromatic N) is 1. The third-order valence-corrected chi connectivity index (χ3v) is 12.5. The zero-order chi connectivity index (χ0) is 39.5. The molecule has 7 aromatic carbocycles. The summed E-state index contributed by atoms with van der Waals surface area (Å²) < 4.78 is 6.42. The predicted molar refractivity (Wildman–Crippen MR) is 250 cm³/mol. The van der Waals surface area contributed by atoms with Crippen molar-refractivity contribution in [3.63, 3.8) is 0 Å². The number of furan rings is 1. The van der Waals surface area contributed by atoms with Crippen LogP contribution in [0.25, 0.3) is 55.3 Å². The van der Waals surface area contributed by atoms with Gasteiger partial charge in [0, 0.05) is 27.8 Å². The summed E-state index contributed by atoms with van der Waals surface area (Å²) in [6.07, 6.45) is 10.3. The maximum absolute atomic E-state index is 6.42. The first-order valence-corrected chi connectivity index (χ1v) is 21.4. The molecule has 0 radical (unpaired) electrons. The Hall–Kier alpha value is -6.64. The van der Waals surface area contributed by atoms with E-state index in [2.05, 4.69) is 181 Å². The Morgan fingerprint density at radius 2 is 0.814 bits per heavy atom. The van der Waals surface area contributed by atoms with Gasteiger partial charge in [0.1, 0.15) is 11.2 Å².